The third kappa shape index (κ3) is 5.28. The second-order valence-electron chi connectivity index (χ2n) is 14.2. The Morgan fingerprint density at radius 1 is 0.327 bits per heavy atom. The van der Waals surface area contributed by atoms with E-state index < -0.39 is 0 Å². The summed E-state index contributed by atoms with van der Waals surface area (Å²) in [7, 11) is 0. The van der Waals surface area contributed by atoms with Crippen LogP contribution in [0.4, 0.5) is 17.1 Å². The van der Waals surface area contributed by atoms with Gasteiger partial charge in [0, 0.05) is 50.4 Å². The average molecular weight is 703 g/mol. The molecule has 11 rings (SSSR count). The number of hydrogen-bond acceptors (Lipinski definition) is 2. The van der Waals surface area contributed by atoms with Crippen LogP contribution in [0.2, 0.25) is 0 Å². The van der Waals surface area contributed by atoms with Crippen molar-refractivity contribution >= 4 is 71.6 Å². The highest BCUT2D eigenvalue weighted by Crippen LogP contribution is 2.41. The average Bonchev–Trinajstić information content (AvgIpc) is 3.79. The van der Waals surface area contributed by atoms with Gasteiger partial charge in [-0.15, -0.1) is 0 Å². The van der Waals surface area contributed by atoms with Gasteiger partial charge < -0.3 is 13.9 Å². The molecule has 0 spiro atoms. The molecule has 0 bridgehead atoms. The van der Waals surface area contributed by atoms with E-state index in [-0.39, 0.29) is 0 Å². The van der Waals surface area contributed by atoms with Crippen LogP contribution in [-0.4, -0.2) is 4.57 Å². The predicted octanol–water partition coefficient (Wildman–Crippen LogP) is 14.6. The Balaban J connectivity index is 1.00. The lowest BCUT2D eigenvalue weighted by Crippen LogP contribution is -2.09. The fourth-order valence-electron chi connectivity index (χ4n) is 8.28. The van der Waals surface area contributed by atoms with Gasteiger partial charge in [0.25, 0.3) is 0 Å². The van der Waals surface area contributed by atoms with Gasteiger partial charge in [0.05, 0.1) is 11.0 Å². The van der Waals surface area contributed by atoms with Crippen LogP contribution < -0.4 is 4.90 Å². The van der Waals surface area contributed by atoms with Crippen LogP contribution in [0.25, 0.3) is 82.5 Å². The highest BCUT2D eigenvalue weighted by Gasteiger charge is 2.17. The Morgan fingerprint density at radius 2 is 0.909 bits per heavy atom. The number of furan rings is 1. The third-order valence-electron chi connectivity index (χ3n) is 11.0. The van der Waals surface area contributed by atoms with E-state index in [0.717, 1.165) is 39.0 Å². The Hall–Kier alpha value is -7.36. The van der Waals surface area contributed by atoms with Gasteiger partial charge in [-0.1, -0.05) is 127 Å². The first-order valence-electron chi connectivity index (χ1n) is 18.7. The molecule has 0 N–H and O–H groups in total. The van der Waals surface area contributed by atoms with E-state index in [0.29, 0.717) is 0 Å². The third-order valence-corrected chi connectivity index (χ3v) is 11.0. The zero-order valence-electron chi connectivity index (χ0n) is 29.9. The van der Waals surface area contributed by atoms with E-state index in [2.05, 4.69) is 204 Å². The number of fused-ring (bicyclic) bond motifs is 7. The van der Waals surface area contributed by atoms with Gasteiger partial charge in [-0.3, -0.25) is 0 Å². The van der Waals surface area contributed by atoms with Crippen LogP contribution in [0.5, 0.6) is 0 Å². The smallest absolute Gasteiger partial charge is 0.137 e. The van der Waals surface area contributed by atoms with Crippen LogP contribution in [0, 0.1) is 0 Å². The summed E-state index contributed by atoms with van der Waals surface area (Å²) in [6.45, 7) is 0. The van der Waals surface area contributed by atoms with E-state index in [9.17, 15) is 0 Å². The first kappa shape index (κ1) is 31.2. The van der Waals surface area contributed by atoms with Crippen molar-refractivity contribution in [3.63, 3.8) is 0 Å². The second-order valence-corrected chi connectivity index (χ2v) is 14.2. The number of para-hydroxylation sites is 2. The van der Waals surface area contributed by atoms with Crippen molar-refractivity contribution in [2.45, 2.75) is 0 Å². The zero-order valence-corrected chi connectivity index (χ0v) is 29.9. The number of nitrogens with zero attached hydrogens (tertiary/aromatic N) is 2. The molecule has 0 saturated heterocycles. The molecule has 11 aromatic rings. The lowest BCUT2D eigenvalue weighted by molar-refractivity contribution is 0.669. The Kier molecular flexibility index (Phi) is 7.17. The first-order valence-corrected chi connectivity index (χ1v) is 18.7. The van der Waals surface area contributed by atoms with Crippen molar-refractivity contribution in [2.75, 3.05) is 4.90 Å². The molecular weight excluding hydrogens is 669 g/mol. The minimum absolute atomic E-state index is 0.873. The number of rotatable bonds is 6. The van der Waals surface area contributed by atoms with Crippen LogP contribution in [0.3, 0.4) is 0 Å². The SMILES string of the molecule is c1ccc(-c2ccc(N(c3ccc(-c4ccc5c(c4)c4ccccc4n5-c4ccc5ccccc5c4)cc3)c3ccc4c(c3)oc3ccccc34)cc2)cc1. The van der Waals surface area contributed by atoms with Crippen LogP contribution in [0.15, 0.2) is 211 Å². The highest BCUT2D eigenvalue weighted by molar-refractivity contribution is 6.11. The maximum absolute atomic E-state index is 6.35. The van der Waals surface area contributed by atoms with Crippen molar-refractivity contribution in [2.24, 2.45) is 0 Å². The molecule has 0 aliphatic heterocycles. The second kappa shape index (κ2) is 12.6. The molecule has 0 radical (unpaired) electrons. The molecule has 55 heavy (non-hydrogen) atoms. The predicted molar refractivity (Wildman–Crippen MR) is 231 cm³/mol. The van der Waals surface area contributed by atoms with Gasteiger partial charge in [0.2, 0.25) is 0 Å². The largest absolute Gasteiger partial charge is 0.456 e. The molecule has 0 amide bonds. The van der Waals surface area contributed by atoms with E-state index in [1.165, 1.54) is 60.5 Å². The molecular formula is C52H34N2O. The molecule has 9 aromatic carbocycles. The summed E-state index contributed by atoms with van der Waals surface area (Å²) in [5, 5.41) is 7.22. The summed E-state index contributed by atoms with van der Waals surface area (Å²) in [6, 6.07) is 74.0. The molecule has 258 valence electrons. The van der Waals surface area contributed by atoms with Gasteiger partial charge >= 0.3 is 0 Å². The highest BCUT2D eigenvalue weighted by atomic mass is 16.3. The molecule has 0 unspecified atom stereocenters. The van der Waals surface area contributed by atoms with Gasteiger partial charge in [-0.2, -0.15) is 0 Å². The molecule has 0 fully saturated rings. The van der Waals surface area contributed by atoms with Gasteiger partial charge in [-0.25, -0.2) is 0 Å². The Morgan fingerprint density at radius 3 is 1.71 bits per heavy atom. The monoisotopic (exact) mass is 702 g/mol. The fraction of sp³-hybridized carbons (Fsp3) is 0. The number of benzene rings is 9. The van der Waals surface area contributed by atoms with Crippen molar-refractivity contribution in [3.8, 4) is 27.9 Å². The quantitative estimate of drug-likeness (QED) is 0.172. The van der Waals surface area contributed by atoms with Crippen molar-refractivity contribution in [1.82, 2.24) is 4.57 Å². The Labute approximate surface area is 318 Å². The summed E-state index contributed by atoms with van der Waals surface area (Å²) < 4.78 is 8.75. The van der Waals surface area contributed by atoms with E-state index in [1.807, 2.05) is 12.1 Å². The van der Waals surface area contributed by atoms with E-state index in [1.54, 1.807) is 0 Å². The van der Waals surface area contributed by atoms with Gasteiger partial charge in [-0.05, 0) is 106 Å². The lowest BCUT2D eigenvalue weighted by atomic mass is 10.0. The van der Waals surface area contributed by atoms with Crippen LogP contribution >= 0.6 is 0 Å². The van der Waals surface area contributed by atoms with Gasteiger partial charge in [0.15, 0.2) is 0 Å². The van der Waals surface area contributed by atoms with Crippen molar-refractivity contribution in [1.29, 1.82) is 0 Å². The molecule has 0 aliphatic carbocycles. The fourth-order valence-corrected chi connectivity index (χ4v) is 8.28. The van der Waals surface area contributed by atoms with Crippen LogP contribution in [-0.2, 0) is 0 Å². The van der Waals surface area contributed by atoms with Crippen molar-refractivity contribution in [3.05, 3.63) is 206 Å². The van der Waals surface area contributed by atoms with Crippen LogP contribution in [0.1, 0.15) is 0 Å². The molecule has 0 saturated carbocycles. The summed E-state index contributed by atoms with van der Waals surface area (Å²) in [5.74, 6) is 0. The molecule has 0 aliphatic rings. The van der Waals surface area contributed by atoms with Crippen molar-refractivity contribution < 1.29 is 4.42 Å². The maximum atomic E-state index is 6.35. The minimum Gasteiger partial charge on any atom is -0.456 e. The standard InChI is InChI=1S/C52H34N2O/c1-2-10-35(11-3-1)37-18-24-41(25-19-37)53(44-29-30-47-46-15-7-9-17-51(46)55-52(47)34-44)42-26-20-38(21-27-42)40-23-31-50-48(33-40)45-14-6-8-16-49(45)54(50)43-28-22-36-12-4-5-13-39(36)32-43/h1-34H. The molecule has 3 heteroatoms. The molecule has 2 aromatic heterocycles. The number of anilines is 3. The topological polar surface area (TPSA) is 21.3 Å². The minimum atomic E-state index is 0.873. The summed E-state index contributed by atoms with van der Waals surface area (Å²) >= 11 is 0. The molecule has 2 heterocycles. The normalized spacial score (nSPS) is 11.6. The molecule has 3 nitrogen and oxygen atoms in total. The summed E-state index contributed by atoms with van der Waals surface area (Å²) in [4.78, 5) is 2.31. The zero-order chi connectivity index (χ0) is 36.3. The number of aromatic nitrogens is 1. The first-order chi connectivity index (χ1) is 27.2. The summed E-state index contributed by atoms with van der Waals surface area (Å²) in [6.07, 6.45) is 0. The Bertz CT molecular complexity index is 3190. The summed E-state index contributed by atoms with van der Waals surface area (Å²) in [5.41, 5.74) is 13.3. The van der Waals surface area contributed by atoms with E-state index in [4.69, 9.17) is 4.42 Å². The lowest BCUT2D eigenvalue weighted by Gasteiger charge is -2.26. The van der Waals surface area contributed by atoms with Gasteiger partial charge in [0.1, 0.15) is 11.2 Å². The number of hydrogen-bond donors (Lipinski definition) is 0. The molecule has 0 atom stereocenters. The maximum Gasteiger partial charge on any atom is 0.137 e. The van der Waals surface area contributed by atoms with E-state index >= 15 is 0 Å².